The molecule has 0 spiro atoms. The maximum Gasteiger partial charge on any atom is 0.291 e. The number of allylic oxidation sites excluding steroid dienone is 3. The molecule has 0 unspecified atom stereocenters. The molecule has 5 N–H and O–H groups in total. The number of halogens is 1. The number of aromatic nitrogens is 4. The molecule has 0 atom stereocenters. The van der Waals surface area contributed by atoms with Crippen molar-refractivity contribution in [3.63, 3.8) is 0 Å². The second-order valence-corrected chi connectivity index (χ2v) is 7.40. The van der Waals surface area contributed by atoms with Crippen LogP contribution in [0.25, 0.3) is 21.3 Å². The minimum absolute atomic E-state index is 0.0241. The first-order valence-corrected chi connectivity index (χ1v) is 9.15. The van der Waals surface area contributed by atoms with Crippen LogP contribution in [-0.4, -0.2) is 25.0 Å². The van der Waals surface area contributed by atoms with E-state index in [-0.39, 0.29) is 29.8 Å². The topological polar surface area (TPSA) is 129 Å². The maximum atomic E-state index is 13.5. The van der Waals surface area contributed by atoms with Crippen molar-refractivity contribution in [2.45, 2.75) is 19.9 Å². The summed E-state index contributed by atoms with van der Waals surface area (Å²) in [6.07, 6.45) is 4.01. The van der Waals surface area contributed by atoms with Gasteiger partial charge in [-0.25, -0.2) is 14.1 Å². The van der Waals surface area contributed by atoms with Crippen LogP contribution in [0.2, 0.25) is 0 Å². The number of rotatable bonds is 6. The van der Waals surface area contributed by atoms with E-state index in [9.17, 15) is 9.18 Å². The molecule has 3 rings (SSSR count). The predicted octanol–water partition coefficient (Wildman–Crippen LogP) is 2.10. The number of nitrogens with two attached hydrogens (primary N) is 2. The van der Waals surface area contributed by atoms with Gasteiger partial charge in [0, 0.05) is 25.1 Å². The van der Waals surface area contributed by atoms with Gasteiger partial charge in [-0.3, -0.25) is 4.79 Å². The molecule has 0 bridgehead atoms. The third-order valence-corrected chi connectivity index (χ3v) is 5.53. The second-order valence-electron chi connectivity index (χ2n) is 6.31. The van der Waals surface area contributed by atoms with Crippen molar-refractivity contribution in [1.82, 2.24) is 19.3 Å². The molecule has 146 valence electrons. The summed E-state index contributed by atoms with van der Waals surface area (Å²) >= 11 is 1.36. The van der Waals surface area contributed by atoms with Crippen molar-refractivity contribution in [2.75, 3.05) is 0 Å². The summed E-state index contributed by atoms with van der Waals surface area (Å²) < 4.78 is 17.2. The zero-order chi connectivity index (χ0) is 20.6. The summed E-state index contributed by atoms with van der Waals surface area (Å²) in [6.45, 7) is 5.40. The summed E-state index contributed by atoms with van der Waals surface area (Å²) in [6, 6.07) is 0. The number of aryl methyl sites for hydroxylation is 1. The van der Waals surface area contributed by atoms with E-state index in [0.717, 1.165) is 10.9 Å². The van der Waals surface area contributed by atoms with E-state index in [1.807, 2.05) is 0 Å². The molecule has 0 radical (unpaired) electrons. The number of fused-ring (bicyclic) bond motifs is 3. The van der Waals surface area contributed by atoms with Crippen molar-refractivity contribution >= 4 is 38.3 Å². The van der Waals surface area contributed by atoms with E-state index in [1.54, 1.807) is 24.7 Å². The van der Waals surface area contributed by atoms with Crippen molar-refractivity contribution in [2.24, 2.45) is 18.5 Å². The standard InChI is InChI=1S/C18H20FN7OS/c1-9(12(19)6-21)4-14-24-17-16(28-14)11-7-23-26(8-13(22)10(2)5-20)18(27)15(11)25(17)3/h5-7,22H,1,4,8,20-21H2,2-3H3/b10-5-,12-6+,22-13?. The molecule has 3 heterocycles. The fourth-order valence-corrected chi connectivity index (χ4v) is 3.93. The number of nitrogens with one attached hydrogen (secondary N) is 1. The van der Waals surface area contributed by atoms with Crippen LogP contribution in [0.1, 0.15) is 11.9 Å². The normalized spacial score (nSPS) is 12.8. The third-order valence-electron chi connectivity index (χ3n) is 4.45. The molecular formula is C18H20FN7OS. The maximum absolute atomic E-state index is 13.5. The lowest BCUT2D eigenvalue weighted by Gasteiger charge is -2.07. The monoisotopic (exact) mass is 401 g/mol. The largest absolute Gasteiger partial charge is 0.404 e. The summed E-state index contributed by atoms with van der Waals surface area (Å²) in [5, 5.41) is 13.5. The number of thiazole rings is 1. The van der Waals surface area contributed by atoms with E-state index in [2.05, 4.69) is 16.7 Å². The van der Waals surface area contributed by atoms with Gasteiger partial charge in [0.15, 0.2) is 5.65 Å². The zero-order valence-corrected chi connectivity index (χ0v) is 16.3. The Morgan fingerprint density at radius 2 is 2.14 bits per heavy atom. The quantitative estimate of drug-likeness (QED) is 0.430. The Bertz CT molecular complexity index is 1230. The summed E-state index contributed by atoms with van der Waals surface area (Å²) in [7, 11) is 1.74. The highest BCUT2D eigenvalue weighted by Crippen LogP contribution is 2.32. The van der Waals surface area contributed by atoms with E-state index in [4.69, 9.17) is 16.9 Å². The van der Waals surface area contributed by atoms with Gasteiger partial charge in [0.25, 0.3) is 5.56 Å². The van der Waals surface area contributed by atoms with Crippen molar-refractivity contribution in [1.29, 1.82) is 5.41 Å². The van der Waals surface area contributed by atoms with Crippen molar-refractivity contribution < 1.29 is 4.39 Å². The highest BCUT2D eigenvalue weighted by molar-refractivity contribution is 7.19. The Balaban J connectivity index is 2.05. The molecule has 0 fully saturated rings. The van der Waals surface area contributed by atoms with E-state index < -0.39 is 5.83 Å². The molecule has 8 nitrogen and oxygen atoms in total. The van der Waals surface area contributed by atoms with Crippen LogP contribution in [0.5, 0.6) is 0 Å². The molecule has 0 aliphatic rings. The first-order valence-electron chi connectivity index (χ1n) is 8.34. The molecule has 10 heteroatoms. The van der Waals surface area contributed by atoms with Gasteiger partial charge in [0.2, 0.25) is 0 Å². The smallest absolute Gasteiger partial charge is 0.291 e. The Hall–Kier alpha value is -3.27. The number of nitrogens with zero attached hydrogens (tertiary/aromatic N) is 4. The molecule has 3 aromatic rings. The number of hydrogen-bond acceptors (Lipinski definition) is 7. The SMILES string of the molecule is C=C(Cc1nc2c(s1)c1cnn(CC(=N)/C(C)=C\N)c(=O)c1n2C)/C(F)=C\N. The van der Waals surface area contributed by atoms with Gasteiger partial charge >= 0.3 is 0 Å². The molecule has 0 aliphatic heterocycles. The first kappa shape index (κ1) is 19.5. The second kappa shape index (κ2) is 7.39. The molecule has 0 amide bonds. The Morgan fingerprint density at radius 1 is 1.43 bits per heavy atom. The van der Waals surface area contributed by atoms with Crippen molar-refractivity contribution in [3.8, 4) is 0 Å². The molecule has 0 saturated carbocycles. The minimum atomic E-state index is -0.571. The lowest BCUT2D eigenvalue weighted by atomic mass is 10.2. The van der Waals surface area contributed by atoms with E-state index in [0.29, 0.717) is 27.1 Å². The first-order chi connectivity index (χ1) is 13.3. The van der Waals surface area contributed by atoms with E-state index >= 15 is 0 Å². The molecule has 3 aromatic heterocycles. The van der Waals surface area contributed by atoms with Crippen molar-refractivity contribution in [3.05, 3.63) is 57.5 Å². The molecule has 0 aliphatic carbocycles. The molecule has 0 aromatic carbocycles. The predicted molar refractivity (Wildman–Crippen MR) is 110 cm³/mol. The van der Waals surface area contributed by atoms with Gasteiger partial charge in [-0.05, 0) is 24.3 Å². The highest BCUT2D eigenvalue weighted by Gasteiger charge is 2.19. The van der Waals surface area contributed by atoms with Gasteiger partial charge in [-0.2, -0.15) is 5.10 Å². The van der Waals surface area contributed by atoms with Gasteiger partial charge in [0.1, 0.15) is 16.4 Å². The average molecular weight is 401 g/mol. The van der Waals surface area contributed by atoms with Gasteiger partial charge in [0.05, 0.1) is 23.2 Å². The fraction of sp³-hybridized carbons (Fsp3) is 0.222. The lowest BCUT2D eigenvalue weighted by Crippen LogP contribution is -2.27. The summed E-state index contributed by atoms with van der Waals surface area (Å²) in [5.41, 5.74) is 12.4. The van der Waals surface area contributed by atoms with Gasteiger partial charge in [-0.15, -0.1) is 11.3 Å². The van der Waals surface area contributed by atoms with Crippen LogP contribution in [0.15, 0.2) is 46.9 Å². The van der Waals surface area contributed by atoms with Crippen LogP contribution in [0, 0.1) is 5.41 Å². The third kappa shape index (κ3) is 3.22. The molecular weight excluding hydrogens is 381 g/mol. The van der Waals surface area contributed by atoms with E-state index in [1.165, 1.54) is 22.2 Å². The van der Waals surface area contributed by atoms with Crippen LogP contribution in [0.4, 0.5) is 4.39 Å². The zero-order valence-electron chi connectivity index (χ0n) is 15.5. The fourth-order valence-electron chi connectivity index (χ4n) is 2.78. The summed E-state index contributed by atoms with van der Waals surface area (Å²) in [4.78, 5) is 17.4. The Kier molecular flexibility index (Phi) is 5.14. The highest BCUT2D eigenvalue weighted by atomic mass is 32.1. The Labute approximate surface area is 163 Å². The van der Waals surface area contributed by atoms with Crippen LogP contribution < -0.4 is 17.0 Å². The molecule has 28 heavy (non-hydrogen) atoms. The van der Waals surface area contributed by atoms with Crippen LogP contribution in [0.3, 0.4) is 0 Å². The van der Waals surface area contributed by atoms with Crippen LogP contribution >= 0.6 is 11.3 Å². The van der Waals surface area contributed by atoms with Gasteiger partial charge in [-0.1, -0.05) is 6.58 Å². The Morgan fingerprint density at radius 3 is 2.79 bits per heavy atom. The minimum Gasteiger partial charge on any atom is -0.404 e. The van der Waals surface area contributed by atoms with Crippen LogP contribution in [-0.2, 0) is 20.0 Å². The average Bonchev–Trinajstić information content (AvgIpc) is 3.20. The lowest BCUT2D eigenvalue weighted by molar-refractivity contribution is 0.642. The van der Waals surface area contributed by atoms with Gasteiger partial charge < -0.3 is 21.4 Å². The summed E-state index contributed by atoms with van der Waals surface area (Å²) in [5.74, 6) is -0.571. The molecule has 0 saturated heterocycles. The number of hydrogen-bond donors (Lipinski definition) is 3.